The van der Waals surface area contributed by atoms with Gasteiger partial charge in [0.2, 0.25) is 0 Å². The quantitative estimate of drug-likeness (QED) is 0.345. The molecule has 2 aliphatic rings. The maximum Gasteiger partial charge on any atom is 0.170 e. The molecule has 172 valence electrons. The number of rotatable bonds is 4. The van der Waals surface area contributed by atoms with Gasteiger partial charge in [0.05, 0.1) is 23.5 Å². The van der Waals surface area contributed by atoms with Crippen molar-refractivity contribution >= 4 is 28.1 Å². The molecule has 0 bridgehead atoms. The fourth-order valence-corrected chi connectivity index (χ4v) is 6.52. The van der Waals surface area contributed by atoms with Crippen molar-refractivity contribution in [2.24, 2.45) is 0 Å². The molecule has 0 spiro atoms. The van der Waals surface area contributed by atoms with Crippen LogP contribution in [0.15, 0.2) is 72.9 Å². The molecule has 3 heterocycles. The van der Waals surface area contributed by atoms with Gasteiger partial charge in [-0.2, -0.15) is 0 Å². The first kappa shape index (κ1) is 21.4. The third kappa shape index (κ3) is 3.41. The smallest absolute Gasteiger partial charge is 0.170 e. The average Bonchev–Trinajstić information content (AvgIpc) is 3.57. The lowest BCUT2D eigenvalue weighted by Gasteiger charge is -2.33. The number of fused-ring (bicyclic) bond motifs is 1. The summed E-state index contributed by atoms with van der Waals surface area (Å²) in [5.74, 6) is 0. The predicted molar refractivity (Wildman–Crippen MR) is 142 cm³/mol. The van der Waals surface area contributed by atoms with E-state index in [-0.39, 0.29) is 12.1 Å². The number of pyridine rings is 1. The summed E-state index contributed by atoms with van der Waals surface area (Å²) in [5.41, 5.74) is 6.13. The summed E-state index contributed by atoms with van der Waals surface area (Å²) >= 11 is 5.95. The zero-order valence-corrected chi connectivity index (χ0v) is 20.6. The number of nitrogens with one attached hydrogen (secondary N) is 1. The molecule has 34 heavy (non-hydrogen) atoms. The van der Waals surface area contributed by atoms with Crippen LogP contribution >= 0.6 is 12.2 Å². The molecule has 2 aromatic carbocycles. The molecule has 1 aliphatic heterocycles. The van der Waals surface area contributed by atoms with Crippen LogP contribution in [0.3, 0.4) is 0 Å². The normalized spacial score (nSPS) is 20.9. The Balaban J connectivity index is 1.52. The lowest BCUT2D eigenvalue weighted by molar-refractivity contribution is 0.245. The van der Waals surface area contributed by atoms with E-state index in [0.717, 1.165) is 10.8 Å². The lowest BCUT2D eigenvalue weighted by Crippen LogP contribution is -2.37. The zero-order chi connectivity index (χ0) is 23.2. The van der Waals surface area contributed by atoms with E-state index in [4.69, 9.17) is 17.2 Å². The third-order valence-corrected chi connectivity index (χ3v) is 7.98. The van der Waals surface area contributed by atoms with E-state index in [1.807, 2.05) is 12.3 Å². The monoisotopic (exact) mass is 466 g/mol. The van der Waals surface area contributed by atoms with Crippen LogP contribution in [0.2, 0.25) is 0 Å². The van der Waals surface area contributed by atoms with Crippen LogP contribution in [0.4, 0.5) is 0 Å². The summed E-state index contributed by atoms with van der Waals surface area (Å²) < 4.78 is 2.42. The Morgan fingerprint density at radius 1 is 0.941 bits per heavy atom. The molecular weight excluding hydrogens is 436 g/mol. The molecule has 2 fully saturated rings. The first-order valence-corrected chi connectivity index (χ1v) is 12.7. The molecule has 4 aromatic rings. The van der Waals surface area contributed by atoms with Gasteiger partial charge in [0.15, 0.2) is 5.11 Å². The third-order valence-electron chi connectivity index (χ3n) is 7.65. The Morgan fingerprint density at radius 2 is 1.71 bits per heavy atom. The van der Waals surface area contributed by atoms with Gasteiger partial charge in [-0.05, 0) is 74.1 Å². The Morgan fingerprint density at radius 3 is 2.50 bits per heavy atom. The minimum Gasteiger partial charge on any atom is -0.352 e. The molecule has 1 saturated heterocycles. The molecule has 6 rings (SSSR count). The van der Waals surface area contributed by atoms with Crippen LogP contribution in [0.25, 0.3) is 16.5 Å². The maximum absolute atomic E-state index is 5.95. The van der Waals surface area contributed by atoms with Crippen LogP contribution in [0.1, 0.15) is 60.4 Å². The molecule has 2 aromatic heterocycles. The molecule has 5 heteroatoms. The van der Waals surface area contributed by atoms with Gasteiger partial charge >= 0.3 is 0 Å². The summed E-state index contributed by atoms with van der Waals surface area (Å²) in [7, 11) is 0. The lowest BCUT2D eigenvalue weighted by atomic mass is 9.95. The van der Waals surface area contributed by atoms with E-state index in [0.29, 0.717) is 6.04 Å². The summed E-state index contributed by atoms with van der Waals surface area (Å²) in [6.07, 6.45) is 6.85. The van der Waals surface area contributed by atoms with Gasteiger partial charge in [-0.3, -0.25) is 4.98 Å². The maximum atomic E-state index is 5.95. The summed E-state index contributed by atoms with van der Waals surface area (Å²) in [6.45, 7) is 4.47. The van der Waals surface area contributed by atoms with Crippen LogP contribution < -0.4 is 5.32 Å². The molecule has 4 nitrogen and oxygen atoms in total. The Bertz CT molecular complexity index is 1350. The van der Waals surface area contributed by atoms with Gasteiger partial charge in [-0.25, -0.2) is 0 Å². The van der Waals surface area contributed by atoms with Gasteiger partial charge < -0.3 is 14.8 Å². The minimum absolute atomic E-state index is 0.0377. The van der Waals surface area contributed by atoms with E-state index in [9.17, 15) is 0 Å². The fourth-order valence-electron chi connectivity index (χ4n) is 6.13. The molecule has 1 N–H and O–H groups in total. The highest BCUT2D eigenvalue weighted by Crippen LogP contribution is 2.45. The number of aryl methyl sites for hydroxylation is 1. The van der Waals surface area contributed by atoms with Gasteiger partial charge in [0.25, 0.3) is 0 Å². The van der Waals surface area contributed by atoms with Gasteiger partial charge in [0.1, 0.15) is 0 Å². The van der Waals surface area contributed by atoms with Crippen molar-refractivity contribution < 1.29 is 0 Å². The highest BCUT2D eigenvalue weighted by molar-refractivity contribution is 7.80. The van der Waals surface area contributed by atoms with Crippen molar-refractivity contribution in [1.29, 1.82) is 0 Å². The van der Waals surface area contributed by atoms with Gasteiger partial charge in [-0.15, -0.1) is 0 Å². The topological polar surface area (TPSA) is 33.1 Å². The van der Waals surface area contributed by atoms with E-state index < -0.39 is 0 Å². The van der Waals surface area contributed by atoms with Gasteiger partial charge in [0, 0.05) is 29.0 Å². The summed E-state index contributed by atoms with van der Waals surface area (Å²) in [6, 6.07) is 24.4. The van der Waals surface area contributed by atoms with E-state index >= 15 is 0 Å². The number of benzene rings is 2. The number of thiocarbonyl (C=S) groups is 1. The molecule has 2 atom stereocenters. The fraction of sp³-hybridized carbons (Fsp3) is 0.310. The second kappa shape index (κ2) is 8.55. The summed E-state index contributed by atoms with van der Waals surface area (Å²) in [4.78, 5) is 7.23. The van der Waals surface area contributed by atoms with Crippen LogP contribution in [-0.4, -0.2) is 25.6 Å². The van der Waals surface area contributed by atoms with Crippen molar-refractivity contribution in [1.82, 2.24) is 19.8 Å². The van der Waals surface area contributed by atoms with E-state index in [1.165, 1.54) is 59.1 Å². The Kier molecular flexibility index (Phi) is 5.37. The first-order chi connectivity index (χ1) is 16.6. The van der Waals surface area contributed by atoms with Crippen molar-refractivity contribution in [3.8, 4) is 5.69 Å². The van der Waals surface area contributed by atoms with Crippen LogP contribution in [0, 0.1) is 13.8 Å². The van der Waals surface area contributed by atoms with Crippen molar-refractivity contribution in [3.05, 3.63) is 95.6 Å². The Hall–Kier alpha value is -3.18. The SMILES string of the molecule is Cc1cc([C@H]2[C@@H](c3ccccn3)NC(=S)N2C2CCCC2)c(C)n1-c1cccc2ccccc12. The zero-order valence-electron chi connectivity index (χ0n) is 19.7. The van der Waals surface area contributed by atoms with E-state index in [2.05, 4.69) is 89.3 Å². The highest BCUT2D eigenvalue weighted by Gasteiger charge is 2.44. The number of nitrogens with zero attached hydrogens (tertiary/aromatic N) is 3. The molecule has 0 unspecified atom stereocenters. The van der Waals surface area contributed by atoms with Crippen LogP contribution in [-0.2, 0) is 0 Å². The van der Waals surface area contributed by atoms with Crippen LogP contribution in [0.5, 0.6) is 0 Å². The molecule has 1 saturated carbocycles. The summed E-state index contributed by atoms with van der Waals surface area (Å²) in [5, 5.41) is 7.05. The standard InChI is InChI=1S/C29H30N4S/c1-19-18-24(20(2)32(19)26-16-9-11-21-10-3-6-14-23(21)26)28-27(25-15-7-8-17-30-25)31-29(34)33(28)22-12-4-5-13-22/h3,6-11,14-18,22,27-28H,4-5,12-13H2,1-2H3,(H,31,34)/t27-,28+/m1/s1. The number of aromatic nitrogens is 2. The van der Waals surface area contributed by atoms with Crippen molar-refractivity contribution in [3.63, 3.8) is 0 Å². The molecule has 0 radical (unpaired) electrons. The minimum atomic E-state index is 0.0377. The molecular formula is C29H30N4S. The second-order valence-electron chi connectivity index (χ2n) is 9.63. The van der Waals surface area contributed by atoms with E-state index in [1.54, 1.807) is 0 Å². The van der Waals surface area contributed by atoms with Crippen molar-refractivity contribution in [2.45, 2.75) is 57.7 Å². The predicted octanol–water partition coefficient (Wildman–Crippen LogP) is 6.56. The molecule has 0 amide bonds. The Labute approximate surface area is 206 Å². The first-order valence-electron chi connectivity index (χ1n) is 12.3. The molecule has 1 aliphatic carbocycles. The average molecular weight is 467 g/mol. The second-order valence-corrected chi connectivity index (χ2v) is 10.0. The largest absolute Gasteiger partial charge is 0.352 e. The number of hydrogen-bond donors (Lipinski definition) is 1. The highest BCUT2D eigenvalue weighted by atomic mass is 32.1. The van der Waals surface area contributed by atoms with Crippen molar-refractivity contribution in [2.75, 3.05) is 0 Å². The van der Waals surface area contributed by atoms with Gasteiger partial charge in [-0.1, -0.05) is 55.3 Å². The number of hydrogen-bond acceptors (Lipinski definition) is 2.